The molecule has 0 heterocycles. The molecular weight excluding hydrogens is 387 g/mol. The third kappa shape index (κ3) is 6.47. The van der Waals surface area contributed by atoms with Crippen molar-refractivity contribution in [2.45, 2.75) is 39.3 Å². The Kier molecular flexibility index (Phi) is 9.12. The molecule has 2 rings (SSSR count). The van der Waals surface area contributed by atoms with Crippen molar-refractivity contribution in [3.8, 4) is 11.5 Å². The first-order chi connectivity index (χ1) is 14.5. The lowest BCUT2D eigenvalue weighted by Gasteiger charge is -2.30. The molecule has 30 heavy (non-hydrogen) atoms. The maximum atomic E-state index is 13.8. The molecule has 6 nitrogen and oxygen atoms in total. The summed E-state index contributed by atoms with van der Waals surface area (Å²) in [6.07, 6.45) is 1.24. The molecule has 1 N–H and O–H groups in total. The lowest BCUT2D eigenvalue weighted by molar-refractivity contribution is -0.143. The maximum absolute atomic E-state index is 13.8. The van der Waals surface area contributed by atoms with Gasteiger partial charge >= 0.3 is 0 Å². The fourth-order valence-electron chi connectivity index (χ4n) is 3.00. The number of rotatable bonds is 11. The van der Waals surface area contributed by atoms with Gasteiger partial charge in [0.2, 0.25) is 5.91 Å². The third-order valence-corrected chi connectivity index (χ3v) is 4.63. The fourth-order valence-corrected chi connectivity index (χ4v) is 3.00. The van der Waals surface area contributed by atoms with Crippen molar-refractivity contribution < 1.29 is 23.5 Å². The second-order valence-corrected chi connectivity index (χ2v) is 6.80. The molecule has 2 aromatic carbocycles. The van der Waals surface area contributed by atoms with E-state index >= 15 is 0 Å². The Morgan fingerprint density at radius 2 is 1.80 bits per heavy atom. The first-order valence-electron chi connectivity index (χ1n) is 10.1. The van der Waals surface area contributed by atoms with Crippen molar-refractivity contribution in [2.75, 3.05) is 20.3 Å². The average Bonchev–Trinajstić information content (AvgIpc) is 2.77. The zero-order valence-electron chi connectivity index (χ0n) is 17.7. The second-order valence-electron chi connectivity index (χ2n) is 6.80. The van der Waals surface area contributed by atoms with Gasteiger partial charge in [0, 0.05) is 13.1 Å². The van der Waals surface area contributed by atoms with E-state index in [0.717, 1.165) is 12.0 Å². The van der Waals surface area contributed by atoms with E-state index in [1.54, 1.807) is 31.4 Å². The van der Waals surface area contributed by atoms with E-state index in [4.69, 9.17) is 9.47 Å². The van der Waals surface area contributed by atoms with E-state index in [9.17, 15) is 14.0 Å². The van der Waals surface area contributed by atoms with Gasteiger partial charge in [0.05, 0.1) is 7.11 Å². The number of halogens is 1. The van der Waals surface area contributed by atoms with Gasteiger partial charge in [0.15, 0.2) is 18.2 Å². The van der Waals surface area contributed by atoms with Crippen molar-refractivity contribution in [1.82, 2.24) is 10.2 Å². The number of carbonyl (C=O) groups excluding carboxylic acids is 2. The molecule has 0 aliphatic heterocycles. The Bertz CT molecular complexity index is 826. The molecule has 0 radical (unpaired) electrons. The van der Waals surface area contributed by atoms with Crippen LogP contribution in [-0.2, 0) is 16.1 Å². The topological polar surface area (TPSA) is 67.9 Å². The number of hydrogen-bond acceptors (Lipinski definition) is 4. The summed E-state index contributed by atoms with van der Waals surface area (Å²) in [7, 11) is 1.58. The Morgan fingerprint density at radius 3 is 2.40 bits per heavy atom. The van der Waals surface area contributed by atoms with Crippen molar-refractivity contribution >= 4 is 11.8 Å². The Hall–Kier alpha value is -3.09. The monoisotopic (exact) mass is 416 g/mol. The lowest BCUT2D eigenvalue weighted by Crippen LogP contribution is -2.50. The molecule has 2 aromatic rings. The molecule has 0 aliphatic carbocycles. The smallest absolute Gasteiger partial charge is 0.261 e. The van der Waals surface area contributed by atoms with Crippen LogP contribution in [0.5, 0.6) is 11.5 Å². The van der Waals surface area contributed by atoms with Gasteiger partial charge in [-0.25, -0.2) is 4.39 Å². The number of benzene rings is 2. The van der Waals surface area contributed by atoms with E-state index in [1.165, 1.54) is 17.0 Å². The molecule has 0 saturated carbocycles. The number of methoxy groups -OCH3 is 1. The van der Waals surface area contributed by atoms with Crippen LogP contribution in [0.2, 0.25) is 0 Å². The number of nitrogens with zero attached hydrogens (tertiary/aromatic N) is 1. The average molecular weight is 416 g/mol. The summed E-state index contributed by atoms with van der Waals surface area (Å²) in [6.45, 7) is 4.20. The molecule has 1 atom stereocenters. The normalized spacial score (nSPS) is 11.5. The minimum Gasteiger partial charge on any atom is -0.497 e. The van der Waals surface area contributed by atoms with Crippen LogP contribution in [0.25, 0.3) is 0 Å². The zero-order valence-corrected chi connectivity index (χ0v) is 17.7. The molecule has 0 aliphatic rings. The number of carbonyl (C=O) groups is 2. The van der Waals surface area contributed by atoms with Crippen molar-refractivity contribution in [1.29, 1.82) is 0 Å². The summed E-state index contributed by atoms with van der Waals surface area (Å²) in [5.41, 5.74) is 0.844. The summed E-state index contributed by atoms with van der Waals surface area (Å²) in [4.78, 5) is 27.2. The van der Waals surface area contributed by atoms with Crippen LogP contribution in [0.4, 0.5) is 4.39 Å². The molecule has 0 unspecified atom stereocenters. The van der Waals surface area contributed by atoms with Crippen LogP contribution in [-0.4, -0.2) is 43.0 Å². The first kappa shape index (κ1) is 23.2. The molecule has 0 aromatic heterocycles. The predicted octanol–water partition coefficient (Wildman–Crippen LogP) is 3.55. The van der Waals surface area contributed by atoms with Crippen molar-refractivity contribution in [2.24, 2.45) is 0 Å². The van der Waals surface area contributed by atoms with E-state index in [-0.39, 0.29) is 24.8 Å². The summed E-state index contributed by atoms with van der Waals surface area (Å²) in [5.74, 6) is -0.453. The van der Waals surface area contributed by atoms with Crippen LogP contribution >= 0.6 is 0 Å². The quantitative estimate of drug-likeness (QED) is 0.608. The number of ether oxygens (including phenoxy) is 2. The van der Waals surface area contributed by atoms with Gasteiger partial charge in [-0.1, -0.05) is 38.1 Å². The fraction of sp³-hybridized carbons (Fsp3) is 0.391. The number of para-hydroxylation sites is 1. The molecule has 0 saturated heterocycles. The van der Waals surface area contributed by atoms with Gasteiger partial charge in [-0.05, 0) is 42.7 Å². The van der Waals surface area contributed by atoms with Gasteiger partial charge in [-0.3, -0.25) is 9.59 Å². The summed E-state index contributed by atoms with van der Waals surface area (Å²) < 4.78 is 24.4. The summed E-state index contributed by atoms with van der Waals surface area (Å²) >= 11 is 0. The molecule has 7 heteroatoms. The predicted molar refractivity (Wildman–Crippen MR) is 113 cm³/mol. The minimum absolute atomic E-state index is 0.00118. The van der Waals surface area contributed by atoms with Crippen molar-refractivity contribution in [3.05, 3.63) is 59.9 Å². The summed E-state index contributed by atoms with van der Waals surface area (Å²) in [6, 6.07) is 12.5. The van der Waals surface area contributed by atoms with Crippen LogP contribution in [0.1, 0.15) is 32.3 Å². The lowest BCUT2D eigenvalue weighted by atomic mass is 10.1. The van der Waals surface area contributed by atoms with E-state index in [1.807, 2.05) is 26.0 Å². The van der Waals surface area contributed by atoms with Crippen LogP contribution in [0.3, 0.4) is 0 Å². The van der Waals surface area contributed by atoms with Gasteiger partial charge in [0.25, 0.3) is 5.91 Å². The number of hydrogen-bond donors (Lipinski definition) is 1. The highest BCUT2D eigenvalue weighted by Crippen LogP contribution is 2.18. The van der Waals surface area contributed by atoms with Gasteiger partial charge < -0.3 is 19.7 Å². The summed E-state index contributed by atoms with van der Waals surface area (Å²) in [5, 5.41) is 2.85. The zero-order chi connectivity index (χ0) is 21.9. The molecule has 0 fully saturated rings. The van der Waals surface area contributed by atoms with Crippen LogP contribution < -0.4 is 14.8 Å². The van der Waals surface area contributed by atoms with Crippen LogP contribution in [0, 0.1) is 5.82 Å². The number of nitrogens with one attached hydrogen (secondary N) is 1. The molecule has 162 valence electrons. The largest absolute Gasteiger partial charge is 0.497 e. The van der Waals surface area contributed by atoms with Crippen molar-refractivity contribution in [3.63, 3.8) is 0 Å². The Labute approximate surface area is 177 Å². The SMILES string of the molecule is CCCNC(=O)[C@H](CC)N(Cc1ccc(OC)cc1)C(=O)COc1ccccc1F. The highest BCUT2D eigenvalue weighted by molar-refractivity contribution is 5.88. The molecule has 0 spiro atoms. The van der Waals surface area contributed by atoms with Gasteiger partial charge in [-0.15, -0.1) is 0 Å². The van der Waals surface area contributed by atoms with Gasteiger partial charge in [0.1, 0.15) is 11.8 Å². The Balaban J connectivity index is 2.20. The highest BCUT2D eigenvalue weighted by atomic mass is 19.1. The standard InChI is InChI=1S/C23H29FN2O4/c1-4-14-25-23(28)20(5-2)26(15-17-10-12-18(29-3)13-11-17)22(27)16-30-21-9-7-6-8-19(21)24/h6-13,20H,4-5,14-16H2,1-3H3,(H,25,28)/t20-/m0/s1. The van der Waals surface area contributed by atoms with Crippen LogP contribution in [0.15, 0.2) is 48.5 Å². The molecule has 0 bridgehead atoms. The number of amides is 2. The second kappa shape index (κ2) is 11.8. The van der Waals surface area contributed by atoms with Gasteiger partial charge in [-0.2, -0.15) is 0 Å². The molecule has 2 amide bonds. The molecular formula is C23H29FN2O4. The van der Waals surface area contributed by atoms with E-state index in [2.05, 4.69) is 5.32 Å². The van der Waals surface area contributed by atoms with E-state index < -0.39 is 17.8 Å². The third-order valence-electron chi connectivity index (χ3n) is 4.63. The highest BCUT2D eigenvalue weighted by Gasteiger charge is 2.28. The minimum atomic E-state index is -0.657. The maximum Gasteiger partial charge on any atom is 0.261 e. The first-order valence-corrected chi connectivity index (χ1v) is 10.1. The van der Waals surface area contributed by atoms with E-state index in [0.29, 0.717) is 18.7 Å². The Morgan fingerprint density at radius 1 is 1.10 bits per heavy atom.